The summed E-state index contributed by atoms with van der Waals surface area (Å²) >= 11 is 0. The van der Waals surface area contributed by atoms with Crippen LogP contribution in [-0.4, -0.2) is 39.1 Å². The summed E-state index contributed by atoms with van der Waals surface area (Å²) in [6, 6.07) is 13.7. The minimum Gasteiger partial charge on any atom is -0.667 e. The van der Waals surface area contributed by atoms with E-state index in [1.807, 2.05) is 30.5 Å². The number of pyridine rings is 1. The minimum atomic E-state index is -0.706. The average molecular weight is 651 g/mol. The Morgan fingerprint density at radius 1 is 1.00 bits per heavy atom. The lowest BCUT2D eigenvalue weighted by Crippen LogP contribution is -2.37. The molecule has 0 amide bonds. The van der Waals surface area contributed by atoms with Gasteiger partial charge in [0.25, 0.3) is 0 Å². The highest BCUT2D eigenvalue weighted by atomic mass is 16.5. The number of rotatable bonds is 9. The van der Waals surface area contributed by atoms with E-state index in [0.29, 0.717) is 36.9 Å². The van der Waals surface area contributed by atoms with Crippen molar-refractivity contribution in [1.29, 1.82) is 0 Å². The van der Waals surface area contributed by atoms with Crippen LogP contribution in [0.1, 0.15) is 113 Å². The van der Waals surface area contributed by atoms with Crippen LogP contribution in [0.2, 0.25) is 0 Å². The van der Waals surface area contributed by atoms with E-state index in [0.717, 1.165) is 74.6 Å². The van der Waals surface area contributed by atoms with E-state index in [1.54, 1.807) is 12.3 Å². The summed E-state index contributed by atoms with van der Waals surface area (Å²) in [5.41, 5.74) is 9.29. The van der Waals surface area contributed by atoms with Gasteiger partial charge in [-0.3, -0.25) is 0 Å². The lowest BCUT2D eigenvalue weighted by molar-refractivity contribution is -0.00705. The molecule has 0 spiro atoms. The van der Waals surface area contributed by atoms with E-state index in [-0.39, 0.29) is 34.8 Å². The zero-order chi connectivity index (χ0) is 33.5. The second kappa shape index (κ2) is 15.7. The summed E-state index contributed by atoms with van der Waals surface area (Å²) in [7, 11) is 0. The molecule has 3 aliphatic carbocycles. The number of aromatic nitrogens is 2. The van der Waals surface area contributed by atoms with Crippen LogP contribution in [0.15, 0.2) is 67.0 Å². The summed E-state index contributed by atoms with van der Waals surface area (Å²) in [5.74, 6) is 7.78. The number of aliphatic hydroxyl groups is 2. The number of nitrogen functional groups attached to an aromatic ring is 1. The molecule has 2 heterocycles. The molecule has 3 aliphatic rings. The minimum absolute atomic E-state index is 0.0905. The number of nitrogens with zero attached hydrogens (tertiary/aromatic N) is 2. The molecule has 0 aliphatic heterocycles. The van der Waals surface area contributed by atoms with Gasteiger partial charge in [0.2, 0.25) is 0 Å². The van der Waals surface area contributed by atoms with Gasteiger partial charge in [0, 0.05) is 29.9 Å². The lowest BCUT2D eigenvalue weighted by Gasteiger charge is -2.47. The van der Waals surface area contributed by atoms with Crippen molar-refractivity contribution in [1.82, 2.24) is 9.97 Å². The van der Waals surface area contributed by atoms with E-state index >= 15 is 0 Å². The number of allylic oxidation sites excluding steroid dienone is 2. The molecule has 7 unspecified atom stereocenters. The number of hydrogen-bond donors (Lipinski definition) is 4. The van der Waals surface area contributed by atoms with Crippen molar-refractivity contribution < 1.29 is 20.1 Å². The molecule has 3 aromatic rings. The summed E-state index contributed by atoms with van der Waals surface area (Å²) in [4.78, 5) is 9.08. The molecule has 7 atom stereocenters. The summed E-state index contributed by atoms with van der Waals surface area (Å²) < 4.78 is 6.39. The number of phenolic OH excluding ortho intramolecular Hbond substituents is 1. The van der Waals surface area contributed by atoms with Crippen LogP contribution >= 0.6 is 0 Å². The number of aliphatic hydroxyl groups excluding tert-OH is 2. The van der Waals surface area contributed by atoms with Crippen LogP contribution in [-0.2, 0) is 5.41 Å². The predicted octanol–water partition coefficient (Wildman–Crippen LogP) is 7.38. The third-order valence-electron chi connectivity index (χ3n) is 11.4. The maximum absolute atomic E-state index is 11.5. The Morgan fingerprint density at radius 3 is 2.60 bits per heavy atom. The molecule has 1 saturated carbocycles. The Balaban J connectivity index is 1.22. The van der Waals surface area contributed by atoms with Crippen molar-refractivity contribution >= 4 is 5.82 Å². The van der Waals surface area contributed by atoms with Crippen LogP contribution in [0.5, 0.6) is 11.5 Å². The smallest absolute Gasteiger partial charge is 0.161 e. The zero-order valence-electron chi connectivity index (χ0n) is 28.3. The van der Waals surface area contributed by atoms with Crippen molar-refractivity contribution in [2.75, 3.05) is 12.3 Å². The van der Waals surface area contributed by atoms with Crippen LogP contribution in [0.4, 0.5) is 5.82 Å². The van der Waals surface area contributed by atoms with Gasteiger partial charge in [-0.1, -0.05) is 81.2 Å². The Hall–Kier alpha value is -3.73. The highest BCUT2D eigenvalue weighted by molar-refractivity contribution is 5.44. The molecule has 48 heavy (non-hydrogen) atoms. The lowest BCUT2D eigenvalue weighted by atomic mass is 9.61. The molecule has 6 rings (SSSR count). The highest BCUT2D eigenvalue weighted by Crippen LogP contribution is 2.50. The molecule has 5 N–H and O–H groups in total. The molecule has 7 nitrogen and oxygen atoms in total. The summed E-state index contributed by atoms with van der Waals surface area (Å²) in [5, 5.41) is 33.6. The second-order valence-electron chi connectivity index (χ2n) is 14.3. The average Bonchev–Trinajstić information content (AvgIpc) is 3.59. The van der Waals surface area contributed by atoms with E-state index in [9.17, 15) is 15.3 Å². The van der Waals surface area contributed by atoms with Crippen LogP contribution in [0, 0.1) is 29.6 Å². The molecule has 0 bridgehead atoms. The maximum Gasteiger partial charge on any atom is 0.161 e. The van der Waals surface area contributed by atoms with Gasteiger partial charge in [0.15, 0.2) is 11.5 Å². The number of hydrogen-bond acceptors (Lipinski definition) is 6. The third-order valence-corrected chi connectivity index (χ3v) is 11.4. The molecule has 1 aromatic carbocycles. The number of fused-ring (bicyclic) bond motifs is 1. The van der Waals surface area contributed by atoms with E-state index in [2.05, 4.69) is 48.0 Å². The van der Waals surface area contributed by atoms with Crippen molar-refractivity contribution in [3.05, 3.63) is 83.8 Å². The number of phenols is 1. The number of ether oxygens (including phenoxy) is 1. The standard InChI is InChI=1S/C41H52N3O4/c1-2-28-9-4-5-10-35(46)40-29(13-12-28)14-15-30(25-36(40)47)31-16-17-34(45)37(26-31)48-24-19-33(32-18-23-44-39(42)27-32)41(20-6-3-7-21-41)38-11-8-22-43-38/h8,11,14-18,22-23,26-30,33,35-36,40,45-47H,2-7,9-10,19-21,24-25H2,1H3,(H2,42,44)/q-1. The fraction of sp³-hybridized carbons (Fsp3) is 0.537. The fourth-order valence-electron chi connectivity index (χ4n) is 8.70. The number of aromatic hydroxyl groups is 1. The van der Waals surface area contributed by atoms with Crippen LogP contribution in [0.25, 0.3) is 0 Å². The van der Waals surface area contributed by atoms with Gasteiger partial charge in [0.05, 0.1) is 18.8 Å². The largest absolute Gasteiger partial charge is 0.667 e. The Bertz CT molecular complexity index is 1570. The van der Waals surface area contributed by atoms with Gasteiger partial charge in [-0.15, -0.1) is 0 Å². The molecular formula is C41H52N3O4-. The summed E-state index contributed by atoms with van der Waals surface area (Å²) in [6.45, 7) is 2.58. The number of nitrogens with two attached hydrogens (primary N) is 1. The Kier molecular flexibility index (Phi) is 11.1. The number of benzene rings is 1. The zero-order valence-corrected chi connectivity index (χ0v) is 28.3. The van der Waals surface area contributed by atoms with Crippen LogP contribution < -0.4 is 15.5 Å². The maximum atomic E-state index is 11.5. The van der Waals surface area contributed by atoms with Gasteiger partial charge in [0.1, 0.15) is 5.82 Å². The molecule has 0 radical (unpaired) electrons. The third kappa shape index (κ3) is 7.61. The molecule has 256 valence electrons. The Morgan fingerprint density at radius 2 is 1.83 bits per heavy atom. The fourth-order valence-corrected chi connectivity index (χ4v) is 8.70. The first kappa shape index (κ1) is 34.1. The van der Waals surface area contributed by atoms with Gasteiger partial charge in [-0.05, 0) is 91.7 Å². The quantitative estimate of drug-likeness (QED) is 0.141. The topological polar surface area (TPSA) is 123 Å². The van der Waals surface area contributed by atoms with Crippen molar-refractivity contribution in [3.8, 4) is 23.3 Å². The van der Waals surface area contributed by atoms with Crippen molar-refractivity contribution in [2.24, 2.45) is 17.8 Å². The van der Waals surface area contributed by atoms with Crippen LogP contribution in [0.3, 0.4) is 0 Å². The van der Waals surface area contributed by atoms with Crippen molar-refractivity contribution in [3.63, 3.8) is 0 Å². The first-order valence-electron chi connectivity index (χ1n) is 18.2. The molecular weight excluding hydrogens is 598 g/mol. The normalized spacial score (nSPS) is 27.9. The second-order valence-corrected chi connectivity index (χ2v) is 14.3. The van der Waals surface area contributed by atoms with E-state index in [1.165, 1.54) is 6.42 Å². The predicted molar refractivity (Wildman–Crippen MR) is 190 cm³/mol. The summed E-state index contributed by atoms with van der Waals surface area (Å²) in [6.07, 6.45) is 18.2. The Labute approximate surface area is 286 Å². The first-order chi connectivity index (χ1) is 23.4. The number of anilines is 1. The SMILES string of the molecule is CCC1C#CC2C=CC(c3ccc(O)c(OCCC(c4ccnc(N)c4)C4(c5ccc[n-]5)CCCCC4)c3)CC(O)C2C(O)CCCC1. The monoisotopic (exact) mass is 650 g/mol. The van der Waals surface area contributed by atoms with Gasteiger partial charge in [-0.25, -0.2) is 4.98 Å². The van der Waals surface area contributed by atoms with E-state index < -0.39 is 12.2 Å². The van der Waals surface area contributed by atoms with Crippen molar-refractivity contribution in [2.45, 2.75) is 113 Å². The highest BCUT2D eigenvalue weighted by Gasteiger charge is 2.40. The van der Waals surface area contributed by atoms with E-state index in [4.69, 9.17) is 15.5 Å². The van der Waals surface area contributed by atoms with Gasteiger partial charge >= 0.3 is 0 Å². The van der Waals surface area contributed by atoms with Gasteiger partial charge < -0.3 is 30.8 Å². The molecule has 2 aromatic heterocycles. The molecule has 0 saturated heterocycles. The van der Waals surface area contributed by atoms with Gasteiger partial charge in [-0.2, -0.15) is 11.9 Å². The molecule has 1 fully saturated rings. The first-order valence-corrected chi connectivity index (χ1v) is 18.2. The molecule has 7 heteroatoms.